The average molecular weight is 294 g/mol. The normalized spacial score (nSPS) is 16.0. The predicted octanol–water partition coefficient (Wildman–Crippen LogP) is 1.30. The van der Waals surface area contributed by atoms with E-state index in [2.05, 4.69) is 16.3 Å². The van der Waals surface area contributed by atoms with Crippen LogP contribution < -0.4 is 14.8 Å². The van der Waals surface area contributed by atoms with Gasteiger partial charge in [0.1, 0.15) is 11.5 Å². The molecule has 0 bridgehead atoms. The lowest BCUT2D eigenvalue weighted by Gasteiger charge is -2.27. The lowest BCUT2D eigenvalue weighted by molar-refractivity contribution is 0.181. The van der Waals surface area contributed by atoms with E-state index in [-0.39, 0.29) is 0 Å². The highest BCUT2D eigenvalue weighted by atomic mass is 16.5. The Balaban J connectivity index is 2.09. The molecule has 0 saturated carbocycles. The van der Waals surface area contributed by atoms with Crippen molar-refractivity contribution in [2.75, 3.05) is 54.1 Å². The van der Waals surface area contributed by atoms with E-state index in [0.29, 0.717) is 6.61 Å². The fraction of sp³-hybridized carbons (Fsp3) is 0.625. The van der Waals surface area contributed by atoms with Crippen molar-refractivity contribution in [1.82, 2.24) is 10.2 Å². The summed E-state index contributed by atoms with van der Waals surface area (Å²) in [5.41, 5.74) is 2.20. The lowest BCUT2D eigenvalue weighted by Crippen LogP contribution is -2.44. The minimum atomic E-state index is 0.525. The van der Waals surface area contributed by atoms with Crippen LogP contribution in [0, 0.1) is 0 Å². The van der Waals surface area contributed by atoms with E-state index >= 15 is 0 Å². The number of piperazine rings is 1. The summed E-state index contributed by atoms with van der Waals surface area (Å²) in [5, 5.41) is 3.37. The third-order valence-electron chi connectivity index (χ3n) is 3.89. The molecule has 1 aromatic carbocycles. The van der Waals surface area contributed by atoms with Crippen molar-refractivity contribution in [1.29, 1.82) is 0 Å². The summed E-state index contributed by atoms with van der Waals surface area (Å²) in [6.45, 7) is 5.95. The second-order valence-corrected chi connectivity index (χ2v) is 5.25. The Morgan fingerprint density at radius 1 is 1.00 bits per heavy atom. The standard InChI is InChI=1S/C16H26N2O3/c1-19-12-14-11-15(20-2)13(10-16(14)21-3)4-7-18-8-5-17-6-9-18/h10-11,17H,4-9,12H2,1-3H3. The van der Waals surface area contributed by atoms with Crippen LogP contribution in [0.1, 0.15) is 11.1 Å². The Labute approximate surface area is 127 Å². The topological polar surface area (TPSA) is 43.0 Å². The first-order chi connectivity index (χ1) is 10.3. The number of ether oxygens (including phenoxy) is 3. The van der Waals surface area contributed by atoms with Gasteiger partial charge in [-0.15, -0.1) is 0 Å². The van der Waals surface area contributed by atoms with Gasteiger partial charge in [0.15, 0.2) is 0 Å². The van der Waals surface area contributed by atoms with Gasteiger partial charge in [0.2, 0.25) is 0 Å². The van der Waals surface area contributed by atoms with Crippen LogP contribution in [-0.2, 0) is 17.8 Å². The molecule has 118 valence electrons. The van der Waals surface area contributed by atoms with Gasteiger partial charge in [-0.1, -0.05) is 0 Å². The number of nitrogens with one attached hydrogen (secondary N) is 1. The summed E-state index contributed by atoms with van der Waals surface area (Å²) in [6, 6.07) is 4.10. The Hall–Kier alpha value is -1.30. The summed E-state index contributed by atoms with van der Waals surface area (Å²) in [4.78, 5) is 2.48. The van der Waals surface area contributed by atoms with Gasteiger partial charge >= 0.3 is 0 Å². The molecule has 1 saturated heterocycles. The summed E-state index contributed by atoms with van der Waals surface area (Å²) in [7, 11) is 5.10. The van der Waals surface area contributed by atoms with E-state index in [4.69, 9.17) is 14.2 Å². The fourth-order valence-corrected chi connectivity index (χ4v) is 2.70. The second kappa shape index (κ2) is 8.22. The molecule has 1 N–H and O–H groups in total. The maximum Gasteiger partial charge on any atom is 0.124 e. The largest absolute Gasteiger partial charge is 0.496 e. The number of hydrogen-bond donors (Lipinski definition) is 1. The molecule has 0 aromatic heterocycles. The van der Waals surface area contributed by atoms with Crippen LogP contribution in [0.3, 0.4) is 0 Å². The number of rotatable bonds is 7. The first-order valence-corrected chi connectivity index (χ1v) is 7.44. The van der Waals surface area contributed by atoms with E-state index in [9.17, 15) is 0 Å². The predicted molar refractivity (Wildman–Crippen MR) is 83.3 cm³/mol. The first kappa shape index (κ1) is 16.1. The van der Waals surface area contributed by atoms with Crippen LogP contribution in [0.2, 0.25) is 0 Å². The second-order valence-electron chi connectivity index (χ2n) is 5.25. The van der Waals surface area contributed by atoms with Gasteiger partial charge in [-0.25, -0.2) is 0 Å². The number of benzene rings is 1. The first-order valence-electron chi connectivity index (χ1n) is 7.44. The Kier molecular flexibility index (Phi) is 6.29. The monoisotopic (exact) mass is 294 g/mol. The minimum Gasteiger partial charge on any atom is -0.496 e. The molecule has 0 unspecified atom stereocenters. The lowest BCUT2D eigenvalue weighted by atomic mass is 10.1. The van der Waals surface area contributed by atoms with Crippen LogP contribution in [0.5, 0.6) is 11.5 Å². The van der Waals surface area contributed by atoms with Crippen molar-refractivity contribution in [3.8, 4) is 11.5 Å². The van der Waals surface area contributed by atoms with Gasteiger partial charge in [0.05, 0.1) is 20.8 Å². The van der Waals surface area contributed by atoms with Gasteiger partial charge in [-0.05, 0) is 24.1 Å². The summed E-state index contributed by atoms with van der Waals surface area (Å²) in [6.07, 6.45) is 0.965. The Bertz CT molecular complexity index is 445. The van der Waals surface area contributed by atoms with Gasteiger partial charge in [0.25, 0.3) is 0 Å². The molecule has 1 aromatic rings. The third-order valence-corrected chi connectivity index (χ3v) is 3.89. The molecule has 0 spiro atoms. The molecule has 0 aliphatic carbocycles. The van der Waals surface area contributed by atoms with E-state index in [0.717, 1.165) is 56.2 Å². The van der Waals surface area contributed by atoms with E-state index < -0.39 is 0 Å². The van der Waals surface area contributed by atoms with Crippen molar-refractivity contribution in [2.24, 2.45) is 0 Å². The SMILES string of the molecule is COCc1cc(OC)c(CCN2CCNCC2)cc1OC. The van der Waals surface area contributed by atoms with Crippen LogP contribution in [0.25, 0.3) is 0 Å². The molecule has 1 aliphatic rings. The molecule has 21 heavy (non-hydrogen) atoms. The highest BCUT2D eigenvalue weighted by Gasteiger charge is 2.14. The van der Waals surface area contributed by atoms with Crippen LogP contribution >= 0.6 is 0 Å². The average Bonchev–Trinajstić information content (AvgIpc) is 2.54. The highest BCUT2D eigenvalue weighted by molar-refractivity contribution is 5.46. The minimum absolute atomic E-state index is 0.525. The van der Waals surface area contributed by atoms with Gasteiger partial charge in [-0.2, -0.15) is 0 Å². The molecule has 0 atom stereocenters. The third kappa shape index (κ3) is 4.33. The van der Waals surface area contributed by atoms with Crippen LogP contribution in [0.15, 0.2) is 12.1 Å². The maximum atomic E-state index is 5.53. The fourth-order valence-electron chi connectivity index (χ4n) is 2.70. The van der Waals surface area contributed by atoms with Crippen LogP contribution in [-0.4, -0.2) is 59.0 Å². The van der Waals surface area contributed by atoms with Crippen molar-refractivity contribution in [3.63, 3.8) is 0 Å². The summed E-state index contributed by atoms with van der Waals surface area (Å²) in [5.74, 6) is 1.78. The number of methoxy groups -OCH3 is 3. The van der Waals surface area contributed by atoms with Crippen molar-refractivity contribution < 1.29 is 14.2 Å². The molecule has 2 rings (SSSR count). The quantitative estimate of drug-likeness (QED) is 0.821. The Morgan fingerprint density at radius 3 is 2.24 bits per heavy atom. The summed E-state index contributed by atoms with van der Waals surface area (Å²) < 4.78 is 16.2. The van der Waals surface area contributed by atoms with Crippen molar-refractivity contribution in [3.05, 3.63) is 23.3 Å². The summed E-state index contributed by atoms with van der Waals surface area (Å²) >= 11 is 0. The van der Waals surface area contributed by atoms with E-state index in [1.165, 1.54) is 5.56 Å². The molecular formula is C16H26N2O3. The Morgan fingerprint density at radius 2 is 1.62 bits per heavy atom. The van der Waals surface area contributed by atoms with Gasteiger partial charge < -0.3 is 24.4 Å². The molecule has 5 nitrogen and oxygen atoms in total. The molecule has 1 aliphatic heterocycles. The zero-order chi connectivity index (χ0) is 15.1. The molecule has 1 heterocycles. The molecule has 5 heteroatoms. The molecule has 0 radical (unpaired) electrons. The molecular weight excluding hydrogens is 268 g/mol. The van der Waals surface area contributed by atoms with Gasteiger partial charge in [0, 0.05) is 45.4 Å². The van der Waals surface area contributed by atoms with E-state index in [1.807, 2.05) is 6.07 Å². The smallest absolute Gasteiger partial charge is 0.124 e. The number of nitrogens with zero attached hydrogens (tertiary/aromatic N) is 1. The van der Waals surface area contributed by atoms with Crippen molar-refractivity contribution >= 4 is 0 Å². The van der Waals surface area contributed by atoms with Gasteiger partial charge in [-0.3, -0.25) is 0 Å². The zero-order valence-corrected chi connectivity index (χ0v) is 13.3. The van der Waals surface area contributed by atoms with Crippen molar-refractivity contribution in [2.45, 2.75) is 13.0 Å². The van der Waals surface area contributed by atoms with E-state index in [1.54, 1.807) is 21.3 Å². The molecule has 0 amide bonds. The van der Waals surface area contributed by atoms with Crippen LogP contribution in [0.4, 0.5) is 0 Å². The maximum absolute atomic E-state index is 5.53. The highest BCUT2D eigenvalue weighted by Crippen LogP contribution is 2.29. The zero-order valence-electron chi connectivity index (χ0n) is 13.3. The number of hydrogen-bond acceptors (Lipinski definition) is 5. The molecule has 1 fully saturated rings.